The molecule has 0 radical (unpaired) electrons. The molecule has 0 spiro atoms. The topological polar surface area (TPSA) is 95.4 Å². The zero-order chi connectivity index (χ0) is 19.6. The van der Waals surface area contributed by atoms with Crippen LogP contribution in [0.4, 0.5) is 4.79 Å². The first-order valence-corrected chi connectivity index (χ1v) is 9.40. The molecule has 1 aliphatic heterocycles. The Labute approximate surface area is 160 Å². The van der Waals surface area contributed by atoms with Gasteiger partial charge in [-0.3, -0.25) is 0 Å². The maximum Gasteiger partial charge on any atom is 0.409 e. The Morgan fingerprint density at radius 2 is 2.07 bits per heavy atom. The van der Waals surface area contributed by atoms with Crippen molar-refractivity contribution < 1.29 is 19.4 Å². The number of nitrogens with one attached hydrogen (secondary N) is 2. The number of amides is 1. The predicted octanol–water partition coefficient (Wildman–Crippen LogP) is 2.08. The van der Waals surface area contributed by atoms with E-state index >= 15 is 0 Å². The number of nitrogens with zero attached hydrogens (tertiary/aromatic N) is 2. The minimum Gasteiger partial charge on any atom is -0.504 e. The van der Waals surface area contributed by atoms with E-state index in [-0.39, 0.29) is 17.9 Å². The van der Waals surface area contributed by atoms with Crippen molar-refractivity contribution in [2.45, 2.75) is 39.3 Å². The molecule has 0 unspecified atom stereocenters. The molecule has 150 valence electrons. The summed E-state index contributed by atoms with van der Waals surface area (Å²) in [6.45, 7) is 6.59. The highest BCUT2D eigenvalue weighted by Gasteiger charge is 2.24. The molecule has 1 amide bonds. The molecule has 0 saturated carbocycles. The highest BCUT2D eigenvalue weighted by molar-refractivity contribution is 5.80. The van der Waals surface area contributed by atoms with Crippen LogP contribution in [0.25, 0.3) is 0 Å². The molecule has 1 aliphatic rings. The van der Waals surface area contributed by atoms with Gasteiger partial charge in [0.1, 0.15) is 0 Å². The quantitative estimate of drug-likeness (QED) is 0.518. The molecule has 3 N–H and O–H groups in total. The minimum atomic E-state index is -0.245. The zero-order valence-electron chi connectivity index (χ0n) is 16.3. The number of benzene rings is 1. The monoisotopic (exact) mass is 378 g/mol. The first-order chi connectivity index (χ1) is 13.1. The Hall–Kier alpha value is -2.64. The number of aliphatic imine (C=N–C) groups is 1. The molecule has 1 aromatic carbocycles. The fraction of sp³-hybridized carbons (Fsp3) is 0.579. The van der Waals surface area contributed by atoms with E-state index in [1.165, 1.54) is 7.11 Å². The molecule has 27 heavy (non-hydrogen) atoms. The lowest BCUT2D eigenvalue weighted by molar-refractivity contribution is 0.0963. The SMILES string of the molecule is CCNC(=NCc1cccc(OC)c1O)NC1CCN(C(=O)OCC)CC1. The molecular formula is C19H30N4O4. The van der Waals surface area contributed by atoms with Crippen LogP contribution < -0.4 is 15.4 Å². The number of likely N-dealkylation sites (tertiary alicyclic amines) is 1. The maximum absolute atomic E-state index is 11.8. The Morgan fingerprint density at radius 3 is 2.70 bits per heavy atom. The standard InChI is InChI=1S/C19H30N4O4/c1-4-20-18(21-13-14-7-6-8-16(26-3)17(14)24)22-15-9-11-23(12-10-15)19(25)27-5-2/h6-8,15,24H,4-5,9-13H2,1-3H3,(H2,20,21,22). The van der Waals surface area contributed by atoms with Crippen LogP contribution in [0, 0.1) is 0 Å². The fourth-order valence-corrected chi connectivity index (χ4v) is 2.96. The smallest absolute Gasteiger partial charge is 0.409 e. The van der Waals surface area contributed by atoms with Crippen LogP contribution in [0.15, 0.2) is 23.2 Å². The van der Waals surface area contributed by atoms with Crippen molar-refractivity contribution >= 4 is 12.1 Å². The molecule has 2 rings (SSSR count). The number of guanidine groups is 1. The summed E-state index contributed by atoms with van der Waals surface area (Å²) in [6.07, 6.45) is 1.41. The van der Waals surface area contributed by atoms with E-state index in [1.807, 2.05) is 26.0 Å². The van der Waals surface area contributed by atoms with Crippen molar-refractivity contribution in [1.29, 1.82) is 0 Å². The van der Waals surface area contributed by atoms with E-state index < -0.39 is 0 Å². The molecule has 0 aliphatic carbocycles. The van der Waals surface area contributed by atoms with Crippen molar-refractivity contribution in [2.24, 2.45) is 4.99 Å². The number of hydrogen-bond acceptors (Lipinski definition) is 5. The van der Waals surface area contributed by atoms with Crippen LogP contribution in [0.5, 0.6) is 11.5 Å². The van der Waals surface area contributed by atoms with Gasteiger partial charge in [0, 0.05) is 31.2 Å². The molecule has 0 bridgehead atoms. The lowest BCUT2D eigenvalue weighted by Crippen LogP contribution is -2.49. The van der Waals surface area contributed by atoms with E-state index in [1.54, 1.807) is 11.0 Å². The lowest BCUT2D eigenvalue weighted by Gasteiger charge is -2.32. The largest absolute Gasteiger partial charge is 0.504 e. The number of para-hydroxylation sites is 1. The molecule has 0 atom stereocenters. The van der Waals surface area contributed by atoms with Gasteiger partial charge >= 0.3 is 6.09 Å². The molecule has 0 aromatic heterocycles. The number of phenols is 1. The van der Waals surface area contributed by atoms with Crippen LogP contribution in [0.2, 0.25) is 0 Å². The summed E-state index contributed by atoms with van der Waals surface area (Å²) in [5, 5.41) is 16.8. The highest BCUT2D eigenvalue weighted by Crippen LogP contribution is 2.29. The third kappa shape index (κ3) is 5.94. The molecule has 1 aromatic rings. The second kappa shape index (κ2) is 10.5. The molecule has 8 nitrogen and oxygen atoms in total. The number of piperidine rings is 1. The number of aromatic hydroxyl groups is 1. The first-order valence-electron chi connectivity index (χ1n) is 9.40. The normalized spacial score (nSPS) is 15.4. The second-order valence-electron chi connectivity index (χ2n) is 6.27. The van der Waals surface area contributed by atoms with Gasteiger partial charge < -0.3 is 30.1 Å². The highest BCUT2D eigenvalue weighted by atomic mass is 16.6. The molecule has 1 fully saturated rings. The van der Waals surface area contributed by atoms with E-state index in [4.69, 9.17) is 9.47 Å². The summed E-state index contributed by atoms with van der Waals surface area (Å²) >= 11 is 0. The number of carbonyl (C=O) groups excluding carboxylic acids is 1. The molecule has 1 saturated heterocycles. The lowest BCUT2D eigenvalue weighted by atomic mass is 10.1. The van der Waals surface area contributed by atoms with Crippen LogP contribution in [0.1, 0.15) is 32.3 Å². The second-order valence-corrected chi connectivity index (χ2v) is 6.27. The van der Waals surface area contributed by atoms with Gasteiger partial charge in [0.2, 0.25) is 0 Å². The van der Waals surface area contributed by atoms with E-state index in [0.29, 0.717) is 43.5 Å². The van der Waals surface area contributed by atoms with E-state index in [2.05, 4.69) is 15.6 Å². The molecule has 1 heterocycles. The predicted molar refractivity (Wildman–Crippen MR) is 104 cm³/mol. The number of hydrogen-bond donors (Lipinski definition) is 3. The summed E-state index contributed by atoms with van der Waals surface area (Å²) in [5.74, 6) is 1.24. The number of carbonyl (C=O) groups is 1. The van der Waals surface area contributed by atoms with Crippen LogP contribution in [0.3, 0.4) is 0 Å². The Kier molecular flexibility index (Phi) is 8.03. The van der Waals surface area contributed by atoms with Gasteiger partial charge in [0.05, 0.1) is 20.3 Å². The van der Waals surface area contributed by atoms with Crippen molar-refractivity contribution in [3.05, 3.63) is 23.8 Å². The molecule has 8 heteroatoms. The number of methoxy groups -OCH3 is 1. The average Bonchev–Trinajstić information content (AvgIpc) is 2.68. The fourth-order valence-electron chi connectivity index (χ4n) is 2.96. The Morgan fingerprint density at radius 1 is 1.33 bits per heavy atom. The van der Waals surface area contributed by atoms with Crippen LogP contribution in [-0.2, 0) is 11.3 Å². The van der Waals surface area contributed by atoms with E-state index in [0.717, 1.165) is 19.4 Å². The maximum atomic E-state index is 11.8. The first kappa shape index (κ1) is 20.7. The van der Waals surface area contributed by atoms with Gasteiger partial charge in [-0.05, 0) is 32.8 Å². The van der Waals surface area contributed by atoms with Crippen molar-refractivity contribution in [1.82, 2.24) is 15.5 Å². The summed E-state index contributed by atoms with van der Waals surface area (Å²) in [7, 11) is 1.52. The minimum absolute atomic E-state index is 0.113. The Balaban J connectivity index is 1.94. The third-order valence-electron chi connectivity index (χ3n) is 4.42. The summed E-state index contributed by atoms with van der Waals surface area (Å²) in [4.78, 5) is 18.1. The van der Waals surface area contributed by atoms with Crippen LogP contribution >= 0.6 is 0 Å². The molecular weight excluding hydrogens is 348 g/mol. The summed E-state index contributed by atoms with van der Waals surface area (Å²) < 4.78 is 10.2. The van der Waals surface area contributed by atoms with Gasteiger partial charge in [-0.15, -0.1) is 0 Å². The summed E-state index contributed by atoms with van der Waals surface area (Å²) in [5.41, 5.74) is 0.698. The average molecular weight is 378 g/mol. The third-order valence-corrected chi connectivity index (χ3v) is 4.42. The van der Waals surface area contributed by atoms with Crippen LogP contribution in [-0.4, -0.2) is 61.5 Å². The van der Waals surface area contributed by atoms with Gasteiger partial charge in [0.25, 0.3) is 0 Å². The Bertz CT molecular complexity index is 643. The van der Waals surface area contributed by atoms with Gasteiger partial charge in [-0.2, -0.15) is 0 Å². The zero-order valence-corrected chi connectivity index (χ0v) is 16.3. The van der Waals surface area contributed by atoms with Gasteiger partial charge in [-0.25, -0.2) is 9.79 Å². The number of ether oxygens (including phenoxy) is 2. The van der Waals surface area contributed by atoms with Gasteiger partial charge in [-0.1, -0.05) is 12.1 Å². The van der Waals surface area contributed by atoms with Crippen molar-refractivity contribution in [2.75, 3.05) is 33.4 Å². The number of rotatable bonds is 6. The van der Waals surface area contributed by atoms with Gasteiger partial charge in [0.15, 0.2) is 17.5 Å². The summed E-state index contributed by atoms with van der Waals surface area (Å²) in [6, 6.07) is 5.59. The van der Waals surface area contributed by atoms with Crippen molar-refractivity contribution in [3.63, 3.8) is 0 Å². The van der Waals surface area contributed by atoms with E-state index in [9.17, 15) is 9.90 Å². The van der Waals surface area contributed by atoms with Crippen molar-refractivity contribution in [3.8, 4) is 11.5 Å². The number of phenolic OH excluding ortho intramolecular Hbond substituents is 1.